The lowest BCUT2D eigenvalue weighted by atomic mass is 10.2. The fourth-order valence-electron chi connectivity index (χ4n) is 3.27. The molecule has 0 saturated heterocycles. The van der Waals surface area contributed by atoms with Crippen molar-refractivity contribution in [3.8, 4) is 23.0 Å². The number of hydrogen-bond acceptors (Lipinski definition) is 6. The third kappa shape index (κ3) is 3.93. The van der Waals surface area contributed by atoms with E-state index in [1.165, 1.54) is 0 Å². The molecule has 0 aliphatic carbocycles. The highest BCUT2D eigenvalue weighted by atomic mass is 32.1. The molecule has 7 nitrogen and oxygen atoms in total. The van der Waals surface area contributed by atoms with Gasteiger partial charge in [0.2, 0.25) is 12.7 Å². The predicted octanol–water partition coefficient (Wildman–Crippen LogP) is 4.66. The summed E-state index contributed by atoms with van der Waals surface area (Å²) in [5.74, 6) is 1.32. The second-order valence-electron chi connectivity index (χ2n) is 7.05. The van der Waals surface area contributed by atoms with E-state index in [-0.39, 0.29) is 17.8 Å². The fraction of sp³-hybridized carbons (Fsp3) is 0.0870. The zero-order valence-corrected chi connectivity index (χ0v) is 17.3. The summed E-state index contributed by atoms with van der Waals surface area (Å²) < 4.78 is 16.4. The Hall–Kier alpha value is -3.91. The van der Waals surface area contributed by atoms with Crippen LogP contribution in [0.1, 0.15) is 15.9 Å². The smallest absolute Gasteiger partial charge is 0.257 e. The van der Waals surface area contributed by atoms with E-state index in [9.17, 15) is 4.79 Å². The minimum Gasteiger partial charge on any atom is -0.454 e. The van der Waals surface area contributed by atoms with E-state index in [4.69, 9.17) is 26.1 Å². The number of amides is 1. The molecule has 1 aromatic heterocycles. The van der Waals surface area contributed by atoms with Crippen molar-refractivity contribution < 1.29 is 18.7 Å². The van der Waals surface area contributed by atoms with Gasteiger partial charge in [-0.15, -0.1) is 0 Å². The zero-order chi connectivity index (χ0) is 21.4. The number of nitrogens with zero attached hydrogens (tertiary/aromatic N) is 1. The SMILES string of the molecule is Cc1ccc2oc(-c3cccc(NC(=S)NC(=O)c4ccc5c(c4)OCO5)c3)nc2c1. The van der Waals surface area contributed by atoms with Crippen LogP contribution in [0.25, 0.3) is 22.6 Å². The van der Waals surface area contributed by atoms with Crippen molar-refractivity contribution in [2.24, 2.45) is 0 Å². The van der Waals surface area contributed by atoms with E-state index in [0.29, 0.717) is 28.6 Å². The minimum atomic E-state index is -0.346. The largest absolute Gasteiger partial charge is 0.454 e. The average molecular weight is 431 g/mol. The first-order valence-electron chi connectivity index (χ1n) is 9.55. The van der Waals surface area contributed by atoms with Gasteiger partial charge in [0.25, 0.3) is 5.91 Å². The fourth-order valence-corrected chi connectivity index (χ4v) is 3.48. The van der Waals surface area contributed by atoms with Crippen LogP contribution >= 0.6 is 12.2 Å². The van der Waals surface area contributed by atoms with E-state index in [1.54, 1.807) is 18.2 Å². The summed E-state index contributed by atoms with van der Waals surface area (Å²) in [7, 11) is 0. The number of rotatable bonds is 3. The van der Waals surface area contributed by atoms with Gasteiger partial charge in [0, 0.05) is 16.8 Å². The molecule has 1 amide bonds. The van der Waals surface area contributed by atoms with Gasteiger partial charge in [0.05, 0.1) is 0 Å². The lowest BCUT2D eigenvalue weighted by molar-refractivity contribution is 0.0977. The first-order chi connectivity index (χ1) is 15.0. The van der Waals surface area contributed by atoms with Crippen LogP contribution in [0.15, 0.2) is 65.1 Å². The van der Waals surface area contributed by atoms with Crippen LogP contribution in [0.3, 0.4) is 0 Å². The van der Waals surface area contributed by atoms with Gasteiger partial charge in [-0.3, -0.25) is 10.1 Å². The molecule has 0 spiro atoms. The summed E-state index contributed by atoms with van der Waals surface area (Å²) in [6.45, 7) is 2.16. The summed E-state index contributed by atoms with van der Waals surface area (Å²) in [6.07, 6.45) is 0. The highest BCUT2D eigenvalue weighted by molar-refractivity contribution is 7.80. The molecule has 2 heterocycles. The van der Waals surface area contributed by atoms with Crippen LogP contribution in [-0.4, -0.2) is 22.8 Å². The third-order valence-corrected chi connectivity index (χ3v) is 4.98. The summed E-state index contributed by atoms with van der Waals surface area (Å²) in [6, 6.07) is 18.3. The maximum Gasteiger partial charge on any atom is 0.257 e. The van der Waals surface area contributed by atoms with Crippen LogP contribution in [0.4, 0.5) is 5.69 Å². The van der Waals surface area contributed by atoms with E-state index >= 15 is 0 Å². The first kappa shape index (κ1) is 19.1. The normalized spacial score (nSPS) is 12.0. The Kier molecular flexibility index (Phi) is 4.76. The number of aryl methyl sites for hydroxylation is 1. The van der Waals surface area contributed by atoms with Crippen LogP contribution in [0, 0.1) is 6.92 Å². The number of benzene rings is 3. The van der Waals surface area contributed by atoms with Crippen LogP contribution in [0.5, 0.6) is 11.5 Å². The molecule has 1 aliphatic heterocycles. The van der Waals surface area contributed by atoms with Crippen molar-refractivity contribution in [3.63, 3.8) is 0 Å². The lowest BCUT2D eigenvalue weighted by Gasteiger charge is -2.10. The molecule has 0 atom stereocenters. The number of oxazole rings is 1. The number of thiocarbonyl (C=S) groups is 1. The van der Waals surface area contributed by atoms with E-state index in [1.807, 2.05) is 49.4 Å². The number of fused-ring (bicyclic) bond motifs is 2. The Morgan fingerprint density at radius 2 is 1.90 bits per heavy atom. The molecule has 154 valence electrons. The zero-order valence-electron chi connectivity index (χ0n) is 16.5. The third-order valence-electron chi connectivity index (χ3n) is 4.77. The second-order valence-corrected chi connectivity index (χ2v) is 7.46. The molecule has 0 fully saturated rings. The average Bonchev–Trinajstić information content (AvgIpc) is 3.39. The number of anilines is 1. The Bertz CT molecular complexity index is 1330. The van der Waals surface area contributed by atoms with Crippen molar-refractivity contribution in [1.29, 1.82) is 0 Å². The molecule has 0 saturated carbocycles. The van der Waals surface area contributed by atoms with Crippen molar-refractivity contribution in [2.45, 2.75) is 6.92 Å². The summed E-state index contributed by atoms with van der Waals surface area (Å²) in [4.78, 5) is 17.1. The summed E-state index contributed by atoms with van der Waals surface area (Å²) >= 11 is 5.30. The molecular weight excluding hydrogens is 414 g/mol. The molecule has 2 N–H and O–H groups in total. The molecule has 5 rings (SSSR count). The van der Waals surface area contributed by atoms with Crippen molar-refractivity contribution in [2.75, 3.05) is 12.1 Å². The highest BCUT2D eigenvalue weighted by Gasteiger charge is 2.17. The van der Waals surface area contributed by atoms with Crippen LogP contribution < -0.4 is 20.1 Å². The van der Waals surface area contributed by atoms with Gasteiger partial charge >= 0.3 is 0 Å². The molecule has 0 unspecified atom stereocenters. The highest BCUT2D eigenvalue weighted by Crippen LogP contribution is 2.32. The van der Waals surface area contributed by atoms with Gasteiger partial charge in [-0.2, -0.15) is 0 Å². The second kappa shape index (κ2) is 7.73. The molecule has 4 aromatic rings. The van der Waals surface area contributed by atoms with E-state index < -0.39 is 0 Å². The van der Waals surface area contributed by atoms with E-state index in [0.717, 1.165) is 22.2 Å². The summed E-state index contributed by atoms with van der Waals surface area (Å²) in [5.41, 5.74) is 4.57. The number of aromatic nitrogens is 1. The molecule has 31 heavy (non-hydrogen) atoms. The Morgan fingerprint density at radius 3 is 2.81 bits per heavy atom. The molecule has 0 radical (unpaired) electrons. The van der Waals surface area contributed by atoms with Crippen molar-refractivity contribution in [3.05, 3.63) is 71.8 Å². The molecular formula is C23H17N3O4S. The Labute approximate surface area is 183 Å². The molecule has 3 aromatic carbocycles. The minimum absolute atomic E-state index is 0.149. The maximum absolute atomic E-state index is 12.5. The number of hydrogen-bond donors (Lipinski definition) is 2. The predicted molar refractivity (Wildman–Crippen MR) is 120 cm³/mol. The van der Waals surface area contributed by atoms with Gasteiger partial charge in [-0.05, 0) is 73.2 Å². The standard InChI is InChI=1S/C23H17N3O4S/c1-13-5-7-18-17(9-13)25-22(30-18)15-3-2-4-16(10-15)24-23(31)26-21(27)14-6-8-19-20(11-14)29-12-28-19/h2-11H,12H2,1H3,(H2,24,26,27,31). The number of carbonyl (C=O) groups excluding carboxylic acids is 1. The number of ether oxygens (including phenoxy) is 2. The maximum atomic E-state index is 12.5. The van der Waals surface area contributed by atoms with Gasteiger partial charge in [0.1, 0.15) is 5.52 Å². The van der Waals surface area contributed by atoms with Crippen molar-refractivity contribution in [1.82, 2.24) is 10.3 Å². The van der Waals surface area contributed by atoms with Crippen LogP contribution in [0.2, 0.25) is 0 Å². The number of nitrogens with one attached hydrogen (secondary N) is 2. The quantitative estimate of drug-likeness (QED) is 0.456. The van der Waals surface area contributed by atoms with Crippen LogP contribution in [-0.2, 0) is 0 Å². The first-order valence-corrected chi connectivity index (χ1v) is 9.95. The Balaban J connectivity index is 1.29. The Morgan fingerprint density at radius 1 is 1.03 bits per heavy atom. The molecule has 1 aliphatic rings. The van der Waals surface area contributed by atoms with Gasteiger partial charge < -0.3 is 19.2 Å². The topological polar surface area (TPSA) is 85.6 Å². The molecule has 0 bridgehead atoms. The van der Waals surface area contributed by atoms with Crippen molar-refractivity contribution >= 4 is 40.0 Å². The summed E-state index contributed by atoms with van der Waals surface area (Å²) in [5, 5.41) is 5.86. The molecule has 8 heteroatoms. The van der Waals surface area contributed by atoms with E-state index in [2.05, 4.69) is 15.6 Å². The van der Waals surface area contributed by atoms with Gasteiger partial charge in [0.15, 0.2) is 22.2 Å². The monoisotopic (exact) mass is 431 g/mol. The van der Waals surface area contributed by atoms with Gasteiger partial charge in [-0.1, -0.05) is 12.1 Å². The number of carbonyl (C=O) groups is 1. The van der Waals surface area contributed by atoms with Gasteiger partial charge in [-0.25, -0.2) is 4.98 Å². The lowest BCUT2D eigenvalue weighted by Crippen LogP contribution is -2.34.